The number of hydrogen-bond donors (Lipinski definition) is 1. The number of fused-ring (bicyclic) bond motifs is 1. The van der Waals surface area contributed by atoms with Gasteiger partial charge >= 0.3 is 0 Å². The van der Waals surface area contributed by atoms with E-state index in [1.54, 1.807) is 12.1 Å². The number of allylic oxidation sites excluding steroid dienone is 4. The fourth-order valence-electron chi connectivity index (χ4n) is 3.62. The first-order valence-corrected chi connectivity index (χ1v) is 8.48. The zero-order valence-corrected chi connectivity index (χ0v) is 13.7. The van der Waals surface area contributed by atoms with Crippen LogP contribution in [0.2, 0.25) is 0 Å². The zero-order chi connectivity index (χ0) is 16.7. The van der Waals surface area contributed by atoms with Crippen molar-refractivity contribution < 1.29 is 8.78 Å². The lowest BCUT2D eigenvalue weighted by Crippen LogP contribution is -2.10. The highest BCUT2D eigenvalue weighted by molar-refractivity contribution is 5.86. The summed E-state index contributed by atoms with van der Waals surface area (Å²) in [6, 6.07) is 6.78. The molecular weight excluding hydrogens is 306 g/mol. The Labute approximate surface area is 140 Å². The average Bonchev–Trinajstić information content (AvgIpc) is 3.20. The van der Waals surface area contributed by atoms with Gasteiger partial charge in [0.25, 0.3) is 5.92 Å². The van der Waals surface area contributed by atoms with Gasteiger partial charge in [0.05, 0.1) is 5.69 Å². The highest BCUT2D eigenvalue weighted by Crippen LogP contribution is 2.39. The number of halogens is 2. The molecule has 0 unspecified atom stereocenters. The number of alkyl halides is 2. The number of rotatable bonds is 3. The summed E-state index contributed by atoms with van der Waals surface area (Å²) in [4.78, 5) is 8.16. The van der Waals surface area contributed by atoms with E-state index in [1.807, 2.05) is 18.2 Å². The molecule has 1 aromatic heterocycles. The van der Waals surface area contributed by atoms with Crippen LogP contribution in [0.4, 0.5) is 8.78 Å². The van der Waals surface area contributed by atoms with Crippen LogP contribution in [0.3, 0.4) is 0 Å². The van der Waals surface area contributed by atoms with E-state index in [2.05, 4.69) is 4.98 Å². The molecule has 0 saturated carbocycles. The van der Waals surface area contributed by atoms with Crippen molar-refractivity contribution in [2.75, 3.05) is 0 Å². The molecule has 0 amide bonds. The lowest BCUT2D eigenvalue weighted by Gasteiger charge is -2.16. The summed E-state index contributed by atoms with van der Waals surface area (Å²) in [5.41, 5.74) is 5.14. The van der Waals surface area contributed by atoms with E-state index in [4.69, 9.17) is 4.98 Å². The summed E-state index contributed by atoms with van der Waals surface area (Å²) >= 11 is 0. The summed E-state index contributed by atoms with van der Waals surface area (Å²) in [6.07, 6.45) is 9.07. The molecule has 2 aromatic rings. The van der Waals surface area contributed by atoms with Crippen molar-refractivity contribution in [2.24, 2.45) is 0 Å². The smallest absolute Gasteiger partial charge is 0.271 e. The monoisotopic (exact) mass is 326 g/mol. The predicted molar refractivity (Wildman–Crippen MR) is 91.8 cm³/mol. The summed E-state index contributed by atoms with van der Waals surface area (Å²) < 4.78 is 27.8. The third-order valence-corrected chi connectivity index (χ3v) is 4.87. The minimum atomic E-state index is -2.84. The Kier molecular flexibility index (Phi) is 3.63. The Morgan fingerprint density at radius 3 is 2.58 bits per heavy atom. The van der Waals surface area contributed by atoms with E-state index < -0.39 is 5.92 Å². The SMILES string of the molecule is CC(F)(F)c1ccccc1C1=CC=C(c2nc3c([nH]2)CCCC3)C1. The van der Waals surface area contributed by atoms with Crippen LogP contribution in [0.25, 0.3) is 11.1 Å². The minimum absolute atomic E-state index is 0.0876. The topological polar surface area (TPSA) is 28.7 Å². The van der Waals surface area contributed by atoms with Crippen molar-refractivity contribution in [2.45, 2.75) is 45.0 Å². The van der Waals surface area contributed by atoms with Crippen LogP contribution in [0.5, 0.6) is 0 Å². The average molecular weight is 326 g/mol. The molecule has 4 heteroatoms. The second-order valence-corrected chi connectivity index (χ2v) is 6.71. The second-order valence-electron chi connectivity index (χ2n) is 6.71. The molecule has 0 spiro atoms. The van der Waals surface area contributed by atoms with Crippen molar-refractivity contribution in [3.63, 3.8) is 0 Å². The number of imidazole rings is 1. The van der Waals surface area contributed by atoms with Crippen LogP contribution in [0.15, 0.2) is 36.4 Å². The molecule has 0 aliphatic heterocycles. The van der Waals surface area contributed by atoms with Crippen LogP contribution in [-0.4, -0.2) is 9.97 Å². The normalized spacial score (nSPS) is 17.5. The van der Waals surface area contributed by atoms with E-state index in [-0.39, 0.29) is 5.56 Å². The number of nitrogens with zero attached hydrogens (tertiary/aromatic N) is 1. The third-order valence-electron chi connectivity index (χ3n) is 4.87. The first-order valence-electron chi connectivity index (χ1n) is 8.48. The Morgan fingerprint density at radius 2 is 1.79 bits per heavy atom. The molecule has 2 aliphatic rings. The molecule has 124 valence electrons. The van der Waals surface area contributed by atoms with Crippen molar-refractivity contribution in [3.05, 3.63) is 64.8 Å². The van der Waals surface area contributed by atoms with E-state index in [9.17, 15) is 8.78 Å². The van der Waals surface area contributed by atoms with Gasteiger partial charge in [-0.1, -0.05) is 36.4 Å². The zero-order valence-electron chi connectivity index (χ0n) is 13.7. The Hall–Kier alpha value is -2.23. The van der Waals surface area contributed by atoms with Gasteiger partial charge < -0.3 is 4.98 Å². The maximum absolute atomic E-state index is 13.9. The number of aromatic nitrogens is 2. The number of H-pyrrole nitrogens is 1. The van der Waals surface area contributed by atoms with Gasteiger partial charge in [0.2, 0.25) is 0 Å². The highest BCUT2D eigenvalue weighted by Gasteiger charge is 2.29. The van der Waals surface area contributed by atoms with Crippen molar-refractivity contribution in [1.82, 2.24) is 9.97 Å². The standard InChI is InChI=1S/C20H20F2N2/c1-20(21,22)16-7-3-2-6-15(16)13-10-11-14(12-13)19-23-17-8-4-5-9-18(17)24-19/h2-3,6-7,10-11H,4-5,8-9,12H2,1H3,(H,23,24). The van der Waals surface area contributed by atoms with E-state index in [1.165, 1.54) is 30.3 Å². The minimum Gasteiger partial charge on any atom is -0.342 e. The summed E-state index contributed by atoms with van der Waals surface area (Å²) in [7, 11) is 0. The van der Waals surface area contributed by atoms with Gasteiger partial charge in [0.1, 0.15) is 5.82 Å². The molecule has 1 heterocycles. The molecule has 24 heavy (non-hydrogen) atoms. The molecule has 0 saturated heterocycles. The van der Waals surface area contributed by atoms with Crippen molar-refractivity contribution in [1.29, 1.82) is 0 Å². The number of aryl methyl sites for hydroxylation is 2. The largest absolute Gasteiger partial charge is 0.342 e. The maximum atomic E-state index is 13.9. The van der Waals surface area contributed by atoms with E-state index in [0.29, 0.717) is 12.0 Å². The Bertz CT molecular complexity index is 814. The predicted octanol–water partition coefficient (Wildman–Crippen LogP) is 5.27. The quantitative estimate of drug-likeness (QED) is 0.817. The van der Waals surface area contributed by atoms with Gasteiger partial charge in [0, 0.05) is 24.6 Å². The van der Waals surface area contributed by atoms with Crippen molar-refractivity contribution >= 4 is 11.1 Å². The molecule has 1 aromatic carbocycles. The molecule has 4 rings (SSSR count). The van der Waals surface area contributed by atoms with Crippen LogP contribution in [0.1, 0.15) is 54.5 Å². The number of aromatic amines is 1. The summed E-state index contributed by atoms with van der Waals surface area (Å²) in [5.74, 6) is -1.95. The van der Waals surface area contributed by atoms with Crippen LogP contribution >= 0.6 is 0 Å². The molecule has 0 fully saturated rings. The Balaban J connectivity index is 1.60. The van der Waals surface area contributed by atoms with Crippen molar-refractivity contribution in [3.8, 4) is 0 Å². The summed E-state index contributed by atoms with van der Waals surface area (Å²) in [5, 5.41) is 0. The molecule has 1 N–H and O–H groups in total. The molecule has 0 radical (unpaired) electrons. The number of hydrogen-bond acceptors (Lipinski definition) is 1. The van der Waals surface area contributed by atoms with Crippen LogP contribution in [-0.2, 0) is 18.8 Å². The molecule has 2 nitrogen and oxygen atoms in total. The summed E-state index contributed by atoms with van der Waals surface area (Å²) in [6.45, 7) is 0.955. The Morgan fingerprint density at radius 1 is 1.04 bits per heavy atom. The van der Waals surface area contributed by atoms with Gasteiger partial charge in [-0.2, -0.15) is 0 Å². The molecular formula is C20H20F2N2. The van der Waals surface area contributed by atoms with Gasteiger partial charge in [-0.3, -0.25) is 0 Å². The van der Waals surface area contributed by atoms with Gasteiger partial charge in [0.15, 0.2) is 0 Å². The molecule has 2 aliphatic carbocycles. The molecule has 0 bridgehead atoms. The van der Waals surface area contributed by atoms with Crippen LogP contribution in [0, 0.1) is 0 Å². The van der Waals surface area contributed by atoms with Gasteiger partial charge in [-0.05, 0) is 42.4 Å². The second kappa shape index (κ2) is 5.69. The lowest BCUT2D eigenvalue weighted by molar-refractivity contribution is 0.0172. The first kappa shape index (κ1) is 15.3. The fraction of sp³-hybridized carbons (Fsp3) is 0.350. The lowest BCUT2D eigenvalue weighted by atomic mass is 9.94. The van der Waals surface area contributed by atoms with Gasteiger partial charge in [-0.25, -0.2) is 13.8 Å². The number of benzene rings is 1. The number of nitrogens with one attached hydrogen (secondary N) is 1. The van der Waals surface area contributed by atoms with E-state index in [0.717, 1.165) is 36.7 Å². The third kappa shape index (κ3) is 2.70. The molecule has 0 atom stereocenters. The van der Waals surface area contributed by atoms with Gasteiger partial charge in [-0.15, -0.1) is 0 Å². The fourth-order valence-corrected chi connectivity index (χ4v) is 3.62. The highest BCUT2D eigenvalue weighted by atomic mass is 19.3. The van der Waals surface area contributed by atoms with E-state index >= 15 is 0 Å². The van der Waals surface area contributed by atoms with Crippen LogP contribution < -0.4 is 0 Å². The first-order chi connectivity index (χ1) is 11.5. The maximum Gasteiger partial charge on any atom is 0.271 e.